The summed E-state index contributed by atoms with van der Waals surface area (Å²) < 4.78 is 4.86. The van der Waals surface area contributed by atoms with Gasteiger partial charge in [-0.15, -0.1) is 0 Å². The molecule has 1 aromatic rings. The third-order valence-corrected chi connectivity index (χ3v) is 2.63. The topological polar surface area (TPSA) is 66.8 Å². The van der Waals surface area contributed by atoms with Gasteiger partial charge in [0.2, 0.25) is 0 Å². The van der Waals surface area contributed by atoms with Gasteiger partial charge in [0.15, 0.2) is 0 Å². The summed E-state index contributed by atoms with van der Waals surface area (Å²) in [6, 6.07) is 7.46. The van der Waals surface area contributed by atoms with Crippen LogP contribution in [0.15, 0.2) is 29.8 Å². The second-order valence-corrected chi connectivity index (χ2v) is 4.45. The van der Waals surface area contributed by atoms with Crippen molar-refractivity contribution in [2.75, 3.05) is 25.6 Å². The fraction of sp³-hybridized carbons (Fsp3) is 0.333. The number of esters is 1. The number of benzene rings is 1. The Balaban J connectivity index is 2.99. The number of rotatable bonds is 6. The van der Waals surface area contributed by atoms with Gasteiger partial charge in [-0.05, 0) is 30.7 Å². The SMILES string of the molecule is CCOC(=O)/C(=C/c1ccc(N(C)C)cc1)CC(=O)O. The highest BCUT2D eigenvalue weighted by atomic mass is 16.5. The van der Waals surface area contributed by atoms with Crippen LogP contribution in [-0.4, -0.2) is 37.7 Å². The van der Waals surface area contributed by atoms with Crippen LogP contribution in [0, 0.1) is 0 Å². The largest absolute Gasteiger partial charge is 0.481 e. The molecule has 108 valence electrons. The van der Waals surface area contributed by atoms with E-state index in [1.54, 1.807) is 13.0 Å². The molecule has 0 atom stereocenters. The molecular weight excluding hydrogens is 258 g/mol. The average Bonchev–Trinajstić information content (AvgIpc) is 2.38. The maximum Gasteiger partial charge on any atom is 0.334 e. The van der Waals surface area contributed by atoms with E-state index in [4.69, 9.17) is 9.84 Å². The smallest absolute Gasteiger partial charge is 0.334 e. The normalized spacial score (nSPS) is 11.1. The highest BCUT2D eigenvalue weighted by Crippen LogP contribution is 2.16. The highest BCUT2D eigenvalue weighted by Gasteiger charge is 2.14. The Morgan fingerprint density at radius 1 is 1.25 bits per heavy atom. The summed E-state index contributed by atoms with van der Waals surface area (Å²) in [5.74, 6) is -1.65. The fourth-order valence-electron chi connectivity index (χ4n) is 1.64. The van der Waals surface area contributed by atoms with Crippen molar-refractivity contribution in [2.45, 2.75) is 13.3 Å². The Kier molecular flexibility index (Phi) is 5.77. The molecule has 0 fully saturated rings. The number of hydrogen-bond donors (Lipinski definition) is 1. The zero-order valence-corrected chi connectivity index (χ0v) is 11.9. The first-order valence-corrected chi connectivity index (χ1v) is 6.31. The zero-order valence-electron chi connectivity index (χ0n) is 11.9. The summed E-state index contributed by atoms with van der Waals surface area (Å²) in [6.07, 6.45) is 1.19. The van der Waals surface area contributed by atoms with Crippen molar-refractivity contribution < 1.29 is 19.4 Å². The van der Waals surface area contributed by atoms with Gasteiger partial charge in [0.25, 0.3) is 0 Å². The molecule has 0 heterocycles. The molecule has 5 heteroatoms. The van der Waals surface area contributed by atoms with Crippen LogP contribution in [0.25, 0.3) is 6.08 Å². The lowest BCUT2D eigenvalue weighted by atomic mass is 10.1. The first-order valence-electron chi connectivity index (χ1n) is 6.31. The molecule has 0 saturated heterocycles. The summed E-state index contributed by atoms with van der Waals surface area (Å²) in [6.45, 7) is 1.90. The predicted molar refractivity (Wildman–Crippen MR) is 77.6 cm³/mol. The van der Waals surface area contributed by atoms with Crippen molar-refractivity contribution in [3.63, 3.8) is 0 Å². The van der Waals surface area contributed by atoms with Gasteiger partial charge in [-0.2, -0.15) is 0 Å². The number of aliphatic carboxylic acids is 1. The summed E-state index contributed by atoms with van der Waals surface area (Å²) in [4.78, 5) is 24.4. The molecule has 1 N–H and O–H groups in total. The summed E-state index contributed by atoms with van der Waals surface area (Å²) in [5, 5.41) is 8.84. The highest BCUT2D eigenvalue weighted by molar-refractivity contribution is 5.98. The first kappa shape index (κ1) is 15.8. The molecule has 0 amide bonds. The standard InChI is InChI=1S/C15H19NO4/c1-4-20-15(19)12(10-14(17)18)9-11-5-7-13(8-6-11)16(2)3/h5-9H,4,10H2,1-3H3,(H,17,18)/b12-9+. The summed E-state index contributed by atoms with van der Waals surface area (Å²) in [5.41, 5.74) is 1.93. The maximum absolute atomic E-state index is 11.7. The average molecular weight is 277 g/mol. The van der Waals surface area contributed by atoms with Crippen LogP contribution >= 0.6 is 0 Å². The van der Waals surface area contributed by atoms with Crippen LogP contribution in [-0.2, 0) is 14.3 Å². The molecule has 0 radical (unpaired) electrons. The van der Waals surface area contributed by atoms with E-state index in [-0.39, 0.29) is 18.6 Å². The molecule has 0 spiro atoms. The maximum atomic E-state index is 11.7. The quantitative estimate of drug-likeness (QED) is 0.637. The third kappa shape index (κ3) is 4.76. The second kappa shape index (κ2) is 7.33. The molecule has 20 heavy (non-hydrogen) atoms. The molecule has 1 aromatic carbocycles. The molecule has 5 nitrogen and oxygen atoms in total. The van der Waals surface area contributed by atoms with Crippen molar-refractivity contribution in [3.05, 3.63) is 35.4 Å². The van der Waals surface area contributed by atoms with Crippen LogP contribution in [0.2, 0.25) is 0 Å². The van der Waals surface area contributed by atoms with Gasteiger partial charge in [-0.25, -0.2) is 4.79 Å². The summed E-state index contributed by atoms with van der Waals surface area (Å²) >= 11 is 0. The van der Waals surface area contributed by atoms with E-state index in [1.807, 2.05) is 43.3 Å². The van der Waals surface area contributed by atoms with E-state index in [9.17, 15) is 9.59 Å². The lowest BCUT2D eigenvalue weighted by Gasteiger charge is -2.12. The minimum absolute atomic E-state index is 0.136. The lowest BCUT2D eigenvalue weighted by Crippen LogP contribution is -2.11. The van der Waals surface area contributed by atoms with E-state index in [0.29, 0.717) is 0 Å². The zero-order chi connectivity index (χ0) is 15.1. The Morgan fingerprint density at radius 3 is 2.30 bits per heavy atom. The van der Waals surface area contributed by atoms with E-state index in [0.717, 1.165) is 11.3 Å². The van der Waals surface area contributed by atoms with E-state index in [2.05, 4.69) is 0 Å². The van der Waals surface area contributed by atoms with Crippen LogP contribution < -0.4 is 4.90 Å². The fourth-order valence-corrected chi connectivity index (χ4v) is 1.64. The van der Waals surface area contributed by atoms with Crippen molar-refractivity contribution in [1.82, 2.24) is 0 Å². The molecule has 0 aliphatic rings. The van der Waals surface area contributed by atoms with Gasteiger partial charge in [0, 0.05) is 25.4 Å². The number of carboxylic acids is 1. The molecule has 1 rings (SSSR count). The van der Waals surface area contributed by atoms with Crippen LogP contribution in [0.4, 0.5) is 5.69 Å². The molecule has 0 saturated carbocycles. The number of nitrogens with zero attached hydrogens (tertiary/aromatic N) is 1. The predicted octanol–water partition coefficient (Wildman–Crippen LogP) is 2.17. The second-order valence-electron chi connectivity index (χ2n) is 4.45. The first-order chi connectivity index (χ1) is 9.43. The Morgan fingerprint density at radius 2 is 1.85 bits per heavy atom. The number of carbonyl (C=O) groups is 2. The van der Waals surface area contributed by atoms with Crippen molar-refractivity contribution in [1.29, 1.82) is 0 Å². The molecule has 0 aromatic heterocycles. The van der Waals surface area contributed by atoms with Crippen LogP contribution in [0.1, 0.15) is 18.9 Å². The summed E-state index contributed by atoms with van der Waals surface area (Å²) in [7, 11) is 3.86. The monoisotopic (exact) mass is 277 g/mol. The molecule has 0 aliphatic carbocycles. The van der Waals surface area contributed by atoms with Gasteiger partial charge in [0.1, 0.15) is 0 Å². The van der Waals surface area contributed by atoms with E-state index in [1.165, 1.54) is 0 Å². The minimum Gasteiger partial charge on any atom is -0.481 e. The Labute approximate surface area is 118 Å². The van der Waals surface area contributed by atoms with Gasteiger partial charge < -0.3 is 14.7 Å². The molecule has 0 unspecified atom stereocenters. The number of carbonyl (C=O) groups excluding carboxylic acids is 1. The number of anilines is 1. The molecule has 0 aliphatic heterocycles. The molecular formula is C15H19NO4. The van der Waals surface area contributed by atoms with Gasteiger partial charge in [-0.1, -0.05) is 12.1 Å². The van der Waals surface area contributed by atoms with Crippen molar-refractivity contribution >= 4 is 23.7 Å². The van der Waals surface area contributed by atoms with Crippen LogP contribution in [0.5, 0.6) is 0 Å². The minimum atomic E-state index is -1.06. The van der Waals surface area contributed by atoms with E-state index < -0.39 is 11.9 Å². The van der Waals surface area contributed by atoms with Crippen molar-refractivity contribution in [2.24, 2.45) is 0 Å². The number of carboxylic acid groups (broad SMARTS) is 1. The Bertz CT molecular complexity index is 503. The Hall–Kier alpha value is -2.30. The van der Waals surface area contributed by atoms with Crippen LogP contribution in [0.3, 0.4) is 0 Å². The van der Waals surface area contributed by atoms with E-state index >= 15 is 0 Å². The molecule has 0 bridgehead atoms. The van der Waals surface area contributed by atoms with Gasteiger partial charge in [0.05, 0.1) is 13.0 Å². The third-order valence-electron chi connectivity index (χ3n) is 2.63. The number of hydrogen-bond acceptors (Lipinski definition) is 4. The van der Waals surface area contributed by atoms with Gasteiger partial charge >= 0.3 is 11.9 Å². The number of ether oxygens (including phenoxy) is 1. The van der Waals surface area contributed by atoms with Gasteiger partial charge in [-0.3, -0.25) is 4.79 Å². The van der Waals surface area contributed by atoms with Crippen molar-refractivity contribution in [3.8, 4) is 0 Å². The lowest BCUT2D eigenvalue weighted by molar-refractivity contribution is -0.142.